The fourth-order valence-electron chi connectivity index (χ4n) is 3.84. The van der Waals surface area contributed by atoms with E-state index in [9.17, 15) is 4.79 Å². The number of hydrogen-bond acceptors (Lipinski definition) is 9. The maximum absolute atomic E-state index is 12.9. The lowest BCUT2D eigenvalue weighted by atomic mass is 10.1. The molecule has 0 spiro atoms. The molecule has 0 atom stereocenters. The standard InChI is InChI=1S/C23H24N6O3S/c1-16-24-22(32-26-16)17-6-8-18(9-7-17)23(30)29-13-11-28(12-14-29)10-2-5-20-25-21(27-31-20)19-4-3-15-33-19/h3-4,6-9,15H,2,5,10-14H2,1H3. The summed E-state index contributed by atoms with van der Waals surface area (Å²) in [6.45, 7) is 5.86. The molecule has 5 rings (SSSR count). The van der Waals surface area contributed by atoms with Crippen molar-refractivity contribution in [2.75, 3.05) is 32.7 Å². The van der Waals surface area contributed by atoms with Crippen LogP contribution >= 0.6 is 11.3 Å². The number of carbonyl (C=O) groups excluding carboxylic acids is 1. The van der Waals surface area contributed by atoms with E-state index in [1.807, 2.05) is 46.7 Å². The van der Waals surface area contributed by atoms with Crippen LogP contribution in [0, 0.1) is 6.92 Å². The summed E-state index contributed by atoms with van der Waals surface area (Å²) in [7, 11) is 0. The largest absolute Gasteiger partial charge is 0.339 e. The van der Waals surface area contributed by atoms with E-state index >= 15 is 0 Å². The van der Waals surface area contributed by atoms with Crippen molar-refractivity contribution in [1.82, 2.24) is 30.1 Å². The Labute approximate surface area is 195 Å². The Bertz CT molecular complexity index is 1190. The molecule has 33 heavy (non-hydrogen) atoms. The van der Waals surface area contributed by atoms with Crippen molar-refractivity contribution in [3.63, 3.8) is 0 Å². The monoisotopic (exact) mass is 464 g/mol. The van der Waals surface area contributed by atoms with E-state index in [0.29, 0.717) is 42.1 Å². The van der Waals surface area contributed by atoms with E-state index in [2.05, 4.69) is 25.2 Å². The van der Waals surface area contributed by atoms with Crippen LogP contribution in [-0.4, -0.2) is 68.7 Å². The van der Waals surface area contributed by atoms with E-state index in [1.165, 1.54) is 0 Å². The summed E-state index contributed by atoms with van der Waals surface area (Å²) in [4.78, 5) is 26.9. The zero-order chi connectivity index (χ0) is 22.6. The highest BCUT2D eigenvalue weighted by molar-refractivity contribution is 7.13. The third-order valence-electron chi connectivity index (χ3n) is 5.64. The van der Waals surface area contributed by atoms with Crippen LogP contribution in [0.4, 0.5) is 0 Å². The Morgan fingerprint density at radius 2 is 1.85 bits per heavy atom. The molecule has 1 aliphatic heterocycles. The molecule has 0 bridgehead atoms. The molecule has 9 nitrogen and oxygen atoms in total. The van der Waals surface area contributed by atoms with Gasteiger partial charge in [0.05, 0.1) is 4.88 Å². The molecule has 4 heterocycles. The molecule has 0 saturated carbocycles. The topological polar surface area (TPSA) is 101 Å². The molecule has 1 fully saturated rings. The predicted octanol–water partition coefficient (Wildman–Crippen LogP) is 3.55. The lowest BCUT2D eigenvalue weighted by Gasteiger charge is -2.34. The number of aromatic nitrogens is 4. The van der Waals surface area contributed by atoms with Crippen LogP contribution in [0.15, 0.2) is 50.8 Å². The number of benzene rings is 1. The van der Waals surface area contributed by atoms with Gasteiger partial charge in [0.1, 0.15) is 0 Å². The fourth-order valence-corrected chi connectivity index (χ4v) is 4.49. The number of aryl methyl sites for hydroxylation is 2. The van der Waals surface area contributed by atoms with E-state index in [-0.39, 0.29) is 5.91 Å². The highest BCUT2D eigenvalue weighted by Crippen LogP contribution is 2.22. The van der Waals surface area contributed by atoms with Crippen molar-refractivity contribution in [2.45, 2.75) is 19.8 Å². The number of thiophene rings is 1. The lowest BCUT2D eigenvalue weighted by Crippen LogP contribution is -2.48. The van der Waals surface area contributed by atoms with Gasteiger partial charge in [-0.05, 0) is 55.6 Å². The van der Waals surface area contributed by atoms with Crippen LogP contribution in [0.1, 0.15) is 28.5 Å². The molecule has 3 aromatic heterocycles. The molecule has 4 aromatic rings. The summed E-state index contributed by atoms with van der Waals surface area (Å²) in [6.07, 6.45) is 1.69. The molecule has 0 radical (unpaired) electrons. The van der Waals surface area contributed by atoms with Gasteiger partial charge in [0, 0.05) is 43.7 Å². The molecule has 0 unspecified atom stereocenters. The van der Waals surface area contributed by atoms with Gasteiger partial charge < -0.3 is 13.9 Å². The maximum atomic E-state index is 12.9. The number of hydrogen-bond donors (Lipinski definition) is 0. The van der Waals surface area contributed by atoms with E-state index in [4.69, 9.17) is 9.05 Å². The molecule has 1 aromatic carbocycles. The quantitative estimate of drug-likeness (QED) is 0.409. The van der Waals surface area contributed by atoms with Gasteiger partial charge in [0.2, 0.25) is 11.7 Å². The van der Waals surface area contributed by atoms with Crippen LogP contribution in [0.3, 0.4) is 0 Å². The van der Waals surface area contributed by atoms with Crippen LogP contribution in [0.5, 0.6) is 0 Å². The van der Waals surface area contributed by atoms with Gasteiger partial charge in [-0.15, -0.1) is 11.3 Å². The zero-order valence-corrected chi connectivity index (χ0v) is 19.1. The molecule has 0 N–H and O–H groups in total. The minimum Gasteiger partial charge on any atom is -0.339 e. The molecule has 170 valence electrons. The highest BCUT2D eigenvalue weighted by atomic mass is 32.1. The average Bonchev–Trinajstić information content (AvgIpc) is 3.61. The number of amides is 1. The van der Waals surface area contributed by atoms with Crippen LogP contribution in [0.2, 0.25) is 0 Å². The molecule has 10 heteroatoms. The fraction of sp³-hybridized carbons (Fsp3) is 0.348. The summed E-state index contributed by atoms with van der Waals surface area (Å²) in [5.41, 5.74) is 1.47. The van der Waals surface area contributed by atoms with Crippen molar-refractivity contribution >= 4 is 17.2 Å². The molecule has 1 saturated heterocycles. The lowest BCUT2D eigenvalue weighted by molar-refractivity contribution is 0.0635. The summed E-state index contributed by atoms with van der Waals surface area (Å²) in [5.74, 6) is 2.43. The van der Waals surface area contributed by atoms with Gasteiger partial charge in [0.25, 0.3) is 11.8 Å². The van der Waals surface area contributed by atoms with E-state index in [1.54, 1.807) is 18.3 Å². The van der Waals surface area contributed by atoms with Crippen molar-refractivity contribution in [2.24, 2.45) is 0 Å². The summed E-state index contributed by atoms with van der Waals surface area (Å²) >= 11 is 1.60. The molecular formula is C23H24N6O3S. The second kappa shape index (κ2) is 9.63. The Balaban J connectivity index is 1.07. The number of nitrogens with zero attached hydrogens (tertiary/aromatic N) is 6. The van der Waals surface area contributed by atoms with Crippen molar-refractivity contribution in [3.05, 3.63) is 59.1 Å². The minimum absolute atomic E-state index is 0.0508. The smallest absolute Gasteiger partial charge is 0.257 e. The molecule has 0 aliphatic carbocycles. The highest BCUT2D eigenvalue weighted by Gasteiger charge is 2.22. The van der Waals surface area contributed by atoms with Crippen LogP contribution in [0.25, 0.3) is 22.2 Å². The summed E-state index contributed by atoms with van der Waals surface area (Å²) < 4.78 is 10.6. The third-order valence-corrected chi connectivity index (χ3v) is 6.51. The Kier molecular flexibility index (Phi) is 6.27. The average molecular weight is 465 g/mol. The first-order valence-electron chi connectivity index (χ1n) is 10.9. The summed E-state index contributed by atoms with van der Waals surface area (Å²) in [5, 5.41) is 9.87. The van der Waals surface area contributed by atoms with E-state index < -0.39 is 0 Å². The van der Waals surface area contributed by atoms with Gasteiger partial charge in [-0.25, -0.2) is 0 Å². The van der Waals surface area contributed by atoms with Crippen molar-refractivity contribution in [3.8, 4) is 22.2 Å². The van der Waals surface area contributed by atoms with E-state index in [0.717, 1.165) is 42.9 Å². The second-order valence-corrected chi connectivity index (χ2v) is 8.90. The van der Waals surface area contributed by atoms with Crippen molar-refractivity contribution in [1.29, 1.82) is 0 Å². The van der Waals surface area contributed by atoms with Gasteiger partial charge in [-0.1, -0.05) is 16.4 Å². The van der Waals surface area contributed by atoms with Gasteiger partial charge in [-0.3, -0.25) is 9.69 Å². The number of piperazine rings is 1. The minimum atomic E-state index is 0.0508. The van der Waals surface area contributed by atoms with Gasteiger partial charge >= 0.3 is 0 Å². The maximum Gasteiger partial charge on any atom is 0.257 e. The zero-order valence-electron chi connectivity index (χ0n) is 18.3. The summed E-state index contributed by atoms with van der Waals surface area (Å²) in [6, 6.07) is 11.3. The van der Waals surface area contributed by atoms with Crippen molar-refractivity contribution < 1.29 is 13.8 Å². The first-order valence-corrected chi connectivity index (χ1v) is 11.8. The molecular weight excluding hydrogens is 440 g/mol. The Hall–Kier alpha value is -3.37. The Morgan fingerprint density at radius 3 is 2.55 bits per heavy atom. The predicted molar refractivity (Wildman–Crippen MR) is 123 cm³/mol. The second-order valence-electron chi connectivity index (χ2n) is 7.95. The normalized spacial score (nSPS) is 14.6. The molecule has 1 aliphatic rings. The third kappa shape index (κ3) is 5.01. The molecule has 1 amide bonds. The van der Waals surface area contributed by atoms with Crippen LogP contribution in [-0.2, 0) is 6.42 Å². The first kappa shape index (κ1) is 21.5. The number of carbonyl (C=O) groups is 1. The first-order chi connectivity index (χ1) is 16.2. The van der Waals surface area contributed by atoms with Crippen LogP contribution < -0.4 is 0 Å². The Morgan fingerprint density at radius 1 is 1.03 bits per heavy atom. The SMILES string of the molecule is Cc1noc(-c2ccc(C(=O)N3CCN(CCCc4nc(-c5cccs5)no4)CC3)cc2)n1. The van der Waals surface area contributed by atoms with Gasteiger partial charge in [0.15, 0.2) is 5.82 Å². The number of rotatable bonds is 7. The van der Waals surface area contributed by atoms with Gasteiger partial charge in [-0.2, -0.15) is 9.97 Å².